The summed E-state index contributed by atoms with van der Waals surface area (Å²) in [6.07, 6.45) is 2.39. The third-order valence-electron chi connectivity index (χ3n) is 6.04. The smallest absolute Gasteiger partial charge is 0.336 e. The second-order valence-electron chi connectivity index (χ2n) is 8.14. The largest absolute Gasteiger partial charge is 0.423 e. The van der Waals surface area contributed by atoms with Crippen molar-refractivity contribution < 1.29 is 9.21 Å². The number of nitrogens with one attached hydrogen (secondary N) is 1. The molecule has 0 bridgehead atoms. The molecule has 0 saturated carbocycles. The van der Waals surface area contributed by atoms with Gasteiger partial charge in [-0.05, 0) is 61.2 Å². The van der Waals surface area contributed by atoms with E-state index in [1.54, 1.807) is 6.07 Å². The third-order valence-corrected chi connectivity index (χ3v) is 6.39. The minimum absolute atomic E-state index is 0.0270. The Morgan fingerprint density at radius 3 is 2.58 bits per heavy atom. The highest BCUT2D eigenvalue weighted by Gasteiger charge is 2.25. The molecule has 2 aromatic carbocycles. The van der Waals surface area contributed by atoms with E-state index in [-0.39, 0.29) is 17.5 Å². The zero-order valence-electron chi connectivity index (χ0n) is 17.7. The summed E-state index contributed by atoms with van der Waals surface area (Å²) in [6, 6.07) is 15.3. The summed E-state index contributed by atoms with van der Waals surface area (Å²) >= 11 is 6.41. The number of hydrogen-bond donors (Lipinski definition) is 1. The molecule has 4 rings (SSSR count). The van der Waals surface area contributed by atoms with Crippen molar-refractivity contribution >= 4 is 28.5 Å². The van der Waals surface area contributed by atoms with Crippen LogP contribution in [0.5, 0.6) is 0 Å². The van der Waals surface area contributed by atoms with Crippen molar-refractivity contribution in [3.63, 3.8) is 0 Å². The molecule has 0 spiro atoms. The fraction of sp³-hybridized carbons (Fsp3) is 0.360. The molecular weight excluding hydrogens is 412 g/mol. The lowest BCUT2D eigenvalue weighted by Crippen LogP contribution is -2.40. The quantitative estimate of drug-likeness (QED) is 0.574. The van der Waals surface area contributed by atoms with Crippen LogP contribution in [0.4, 0.5) is 0 Å². The number of fused-ring (bicyclic) bond motifs is 1. The highest BCUT2D eigenvalue weighted by atomic mass is 35.5. The Morgan fingerprint density at radius 2 is 1.87 bits per heavy atom. The number of piperidine rings is 1. The minimum Gasteiger partial charge on any atom is -0.423 e. The number of halogens is 1. The molecule has 31 heavy (non-hydrogen) atoms. The molecule has 162 valence electrons. The number of amides is 1. The zero-order valence-corrected chi connectivity index (χ0v) is 18.5. The first kappa shape index (κ1) is 21.6. The molecule has 0 aliphatic carbocycles. The molecule has 6 heteroatoms. The summed E-state index contributed by atoms with van der Waals surface area (Å²) in [5, 5.41) is 4.63. The summed E-state index contributed by atoms with van der Waals surface area (Å²) in [5.74, 6) is 0.146. The lowest BCUT2D eigenvalue weighted by Gasteiger charge is -2.31. The monoisotopic (exact) mass is 438 g/mol. The van der Waals surface area contributed by atoms with E-state index in [0.717, 1.165) is 54.4 Å². The molecule has 0 atom stereocenters. The van der Waals surface area contributed by atoms with Gasteiger partial charge in [-0.2, -0.15) is 0 Å². The van der Waals surface area contributed by atoms with Crippen LogP contribution in [0.3, 0.4) is 0 Å². The number of benzene rings is 2. The standard InChI is InChI=1S/C25H27ClN2O3/c1-2-18-12-23-21(14-22(18)26)20(13-24(29)31-23)16-28-10-8-19(9-11-28)25(30)27-15-17-6-4-3-5-7-17/h3-7,12-14,19H,2,8-11,15-16H2,1H3,(H,27,30). The number of nitrogens with zero attached hydrogens (tertiary/aromatic N) is 1. The van der Waals surface area contributed by atoms with Gasteiger partial charge in [-0.15, -0.1) is 0 Å². The Morgan fingerprint density at radius 1 is 1.13 bits per heavy atom. The molecule has 2 heterocycles. The van der Waals surface area contributed by atoms with Crippen molar-refractivity contribution in [1.82, 2.24) is 10.2 Å². The van der Waals surface area contributed by atoms with Crippen LogP contribution in [0.1, 0.15) is 36.5 Å². The van der Waals surface area contributed by atoms with Gasteiger partial charge in [0.15, 0.2) is 0 Å². The van der Waals surface area contributed by atoms with Gasteiger partial charge in [0.05, 0.1) is 0 Å². The Labute approximate surface area is 187 Å². The van der Waals surface area contributed by atoms with E-state index in [9.17, 15) is 9.59 Å². The number of hydrogen-bond acceptors (Lipinski definition) is 4. The lowest BCUT2D eigenvalue weighted by molar-refractivity contribution is -0.126. The van der Waals surface area contributed by atoms with Gasteiger partial charge in [0.1, 0.15) is 5.58 Å². The van der Waals surface area contributed by atoms with Gasteiger partial charge in [-0.1, -0.05) is 48.9 Å². The molecule has 5 nitrogen and oxygen atoms in total. The van der Waals surface area contributed by atoms with Crippen LogP contribution in [0, 0.1) is 5.92 Å². The van der Waals surface area contributed by atoms with Crippen LogP contribution >= 0.6 is 11.6 Å². The van der Waals surface area contributed by atoms with Gasteiger partial charge < -0.3 is 9.73 Å². The van der Waals surface area contributed by atoms with Crippen LogP contribution in [0.25, 0.3) is 11.0 Å². The van der Waals surface area contributed by atoms with Gasteiger partial charge in [0.25, 0.3) is 0 Å². The minimum atomic E-state index is -0.345. The molecule has 1 aromatic heterocycles. The molecule has 1 aliphatic heterocycles. The van der Waals surface area contributed by atoms with E-state index >= 15 is 0 Å². The first-order valence-corrected chi connectivity index (χ1v) is 11.2. The molecule has 1 fully saturated rings. The van der Waals surface area contributed by atoms with Gasteiger partial charge in [0, 0.05) is 35.5 Å². The van der Waals surface area contributed by atoms with E-state index in [2.05, 4.69) is 10.2 Å². The predicted octanol–water partition coefficient (Wildman–Crippen LogP) is 4.54. The van der Waals surface area contributed by atoms with Gasteiger partial charge in [-0.25, -0.2) is 4.79 Å². The molecule has 1 saturated heterocycles. The van der Waals surface area contributed by atoms with Crippen LogP contribution < -0.4 is 10.9 Å². The zero-order chi connectivity index (χ0) is 21.8. The average Bonchev–Trinajstić information content (AvgIpc) is 2.78. The predicted molar refractivity (Wildman–Crippen MR) is 123 cm³/mol. The van der Waals surface area contributed by atoms with Crippen molar-refractivity contribution in [1.29, 1.82) is 0 Å². The molecule has 3 aromatic rings. The van der Waals surface area contributed by atoms with E-state index in [4.69, 9.17) is 16.0 Å². The van der Waals surface area contributed by atoms with Crippen molar-refractivity contribution in [3.8, 4) is 0 Å². The fourth-order valence-electron chi connectivity index (χ4n) is 4.21. The number of carbonyl (C=O) groups excluding carboxylic acids is 1. The Kier molecular flexibility index (Phi) is 6.73. The topological polar surface area (TPSA) is 62.6 Å². The molecule has 1 N–H and O–H groups in total. The van der Waals surface area contributed by atoms with Crippen molar-refractivity contribution in [2.45, 2.75) is 39.3 Å². The van der Waals surface area contributed by atoms with E-state index in [1.807, 2.05) is 49.4 Å². The van der Waals surface area contributed by atoms with Gasteiger partial charge in [-0.3, -0.25) is 9.69 Å². The maximum atomic E-state index is 12.6. The first-order valence-electron chi connectivity index (χ1n) is 10.8. The van der Waals surface area contributed by atoms with E-state index in [1.165, 1.54) is 0 Å². The highest BCUT2D eigenvalue weighted by Crippen LogP contribution is 2.28. The maximum absolute atomic E-state index is 12.6. The third kappa shape index (κ3) is 5.17. The molecule has 1 amide bonds. The maximum Gasteiger partial charge on any atom is 0.336 e. The summed E-state index contributed by atoms with van der Waals surface area (Å²) in [6.45, 7) is 4.85. The van der Waals surface area contributed by atoms with Crippen molar-refractivity contribution in [2.24, 2.45) is 5.92 Å². The fourth-order valence-corrected chi connectivity index (χ4v) is 4.51. The number of aryl methyl sites for hydroxylation is 1. The second kappa shape index (κ2) is 9.67. The summed E-state index contributed by atoms with van der Waals surface area (Å²) < 4.78 is 5.42. The summed E-state index contributed by atoms with van der Waals surface area (Å²) in [4.78, 5) is 26.9. The van der Waals surface area contributed by atoms with E-state index in [0.29, 0.717) is 23.7 Å². The highest BCUT2D eigenvalue weighted by molar-refractivity contribution is 6.32. The molecule has 0 radical (unpaired) electrons. The normalized spacial score (nSPS) is 15.3. The number of likely N-dealkylation sites (tertiary alicyclic amines) is 1. The molecule has 0 unspecified atom stereocenters. The van der Waals surface area contributed by atoms with Gasteiger partial charge in [0.2, 0.25) is 5.91 Å². The first-order chi connectivity index (χ1) is 15.0. The summed E-state index contributed by atoms with van der Waals surface area (Å²) in [5.41, 5.74) is 3.23. The Balaban J connectivity index is 1.38. The number of rotatable bonds is 6. The molecular formula is C25H27ClN2O3. The Bertz CT molecular complexity index is 1120. The van der Waals surface area contributed by atoms with Crippen molar-refractivity contribution in [2.75, 3.05) is 13.1 Å². The lowest BCUT2D eigenvalue weighted by atomic mass is 9.95. The van der Waals surface area contributed by atoms with Crippen LogP contribution in [0.2, 0.25) is 5.02 Å². The summed E-state index contributed by atoms with van der Waals surface area (Å²) in [7, 11) is 0. The van der Waals surface area contributed by atoms with Crippen LogP contribution in [-0.4, -0.2) is 23.9 Å². The molecule has 1 aliphatic rings. The second-order valence-corrected chi connectivity index (χ2v) is 8.55. The van der Waals surface area contributed by atoms with Crippen LogP contribution in [-0.2, 0) is 24.3 Å². The van der Waals surface area contributed by atoms with Crippen LogP contribution in [0.15, 0.2) is 57.7 Å². The number of carbonyl (C=O) groups is 1. The van der Waals surface area contributed by atoms with Crippen molar-refractivity contribution in [3.05, 3.63) is 80.7 Å². The average molecular weight is 439 g/mol. The Hall–Kier alpha value is -2.63. The van der Waals surface area contributed by atoms with Gasteiger partial charge >= 0.3 is 5.63 Å². The van der Waals surface area contributed by atoms with E-state index < -0.39 is 0 Å². The SMILES string of the molecule is CCc1cc2oc(=O)cc(CN3CCC(C(=O)NCc4ccccc4)CC3)c2cc1Cl.